The van der Waals surface area contributed by atoms with Crippen LogP contribution in [0.4, 0.5) is 5.69 Å². The highest BCUT2D eigenvalue weighted by Crippen LogP contribution is 2.44. The Morgan fingerprint density at radius 3 is 2.22 bits per heavy atom. The lowest BCUT2D eigenvalue weighted by molar-refractivity contribution is -0.117. The molecule has 1 aromatic heterocycles. The number of nitrogens with one attached hydrogen (secondary N) is 1. The third-order valence-electron chi connectivity index (χ3n) is 5.04. The Balaban J connectivity index is 2.07. The number of rotatable bonds is 9. The zero-order chi connectivity index (χ0) is 23.3. The van der Waals surface area contributed by atoms with Gasteiger partial charge in [-0.05, 0) is 36.2 Å². The Hall–Kier alpha value is -3.72. The Morgan fingerprint density at radius 1 is 1.00 bits per heavy atom. The second kappa shape index (κ2) is 10.1. The van der Waals surface area contributed by atoms with Crippen LogP contribution in [-0.2, 0) is 4.79 Å². The van der Waals surface area contributed by atoms with Crippen LogP contribution in [0, 0.1) is 0 Å². The highest BCUT2D eigenvalue weighted by molar-refractivity contribution is 5.97. The molecule has 3 aromatic rings. The largest absolute Gasteiger partial charge is 0.495 e. The molecule has 0 bridgehead atoms. The summed E-state index contributed by atoms with van der Waals surface area (Å²) in [4.78, 5) is 12.3. The summed E-state index contributed by atoms with van der Waals surface area (Å²) in [5, 5.41) is 6.81. The van der Waals surface area contributed by atoms with E-state index in [9.17, 15) is 4.79 Å². The topological polar surface area (TPSA) is 118 Å². The molecule has 0 aliphatic carbocycles. The molecule has 9 heteroatoms. The Kier molecular flexibility index (Phi) is 7.21. The molecular weight excluding hydrogens is 414 g/mol. The lowest BCUT2D eigenvalue weighted by atomic mass is 10.0. The maximum Gasteiger partial charge on any atom is 0.241 e. The van der Waals surface area contributed by atoms with Gasteiger partial charge in [0, 0.05) is 11.1 Å². The third-order valence-corrected chi connectivity index (χ3v) is 5.04. The summed E-state index contributed by atoms with van der Waals surface area (Å²) in [6.45, 7) is 1.85. The summed E-state index contributed by atoms with van der Waals surface area (Å²) in [5.41, 5.74) is 8.50. The molecule has 1 heterocycles. The van der Waals surface area contributed by atoms with Gasteiger partial charge in [-0.3, -0.25) is 4.79 Å². The van der Waals surface area contributed by atoms with Crippen molar-refractivity contribution in [3.05, 3.63) is 36.5 Å². The van der Waals surface area contributed by atoms with Crippen LogP contribution in [0.15, 0.2) is 41.1 Å². The minimum Gasteiger partial charge on any atom is -0.495 e. The van der Waals surface area contributed by atoms with Crippen molar-refractivity contribution in [3.63, 3.8) is 0 Å². The van der Waals surface area contributed by atoms with Crippen molar-refractivity contribution in [2.24, 2.45) is 5.73 Å². The van der Waals surface area contributed by atoms with Crippen molar-refractivity contribution >= 4 is 11.6 Å². The number of amides is 1. The van der Waals surface area contributed by atoms with Crippen LogP contribution >= 0.6 is 0 Å². The second-order valence-electron chi connectivity index (χ2n) is 6.90. The fourth-order valence-corrected chi connectivity index (χ4v) is 3.25. The van der Waals surface area contributed by atoms with Gasteiger partial charge in [0.15, 0.2) is 17.3 Å². The predicted octanol–water partition coefficient (Wildman–Crippen LogP) is 3.72. The molecule has 0 aliphatic rings. The number of carbonyl (C=O) groups excluding carboxylic acids is 1. The number of carbonyl (C=O) groups is 1. The van der Waals surface area contributed by atoms with Crippen molar-refractivity contribution in [2.75, 3.05) is 33.8 Å². The molecule has 0 saturated carbocycles. The molecule has 9 nitrogen and oxygen atoms in total. The highest BCUT2D eigenvalue weighted by Gasteiger charge is 2.21. The van der Waals surface area contributed by atoms with Crippen LogP contribution in [0.25, 0.3) is 22.5 Å². The van der Waals surface area contributed by atoms with Gasteiger partial charge in [0.05, 0.1) is 46.4 Å². The van der Waals surface area contributed by atoms with Gasteiger partial charge in [-0.15, -0.1) is 0 Å². The van der Waals surface area contributed by atoms with Gasteiger partial charge in [0.25, 0.3) is 0 Å². The maximum absolute atomic E-state index is 12.3. The summed E-state index contributed by atoms with van der Waals surface area (Å²) in [5.74, 6) is 2.16. The number of ether oxygens (including phenoxy) is 4. The van der Waals surface area contributed by atoms with Gasteiger partial charge in [-0.25, -0.2) is 0 Å². The Labute approximate surface area is 186 Å². The van der Waals surface area contributed by atoms with Crippen LogP contribution in [0.5, 0.6) is 23.0 Å². The van der Waals surface area contributed by atoms with Gasteiger partial charge >= 0.3 is 0 Å². The van der Waals surface area contributed by atoms with Crippen molar-refractivity contribution in [2.45, 2.75) is 19.4 Å². The van der Waals surface area contributed by atoms with Crippen LogP contribution in [0.2, 0.25) is 0 Å². The lowest BCUT2D eigenvalue weighted by Gasteiger charge is -2.15. The summed E-state index contributed by atoms with van der Waals surface area (Å²) in [7, 11) is 6.16. The third kappa shape index (κ3) is 4.47. The van der Waals surface area contributed by atoms with Crippen molar-refractivity contribution in [1.29, 1.82) is 0 Å². The van der Waals surface area contributed by atoms with E-state index in [1.165, 1.54) is 14.2 Å². The number of hydrogen-bond donors (Lipinski definition) is 2. The van der Waals surface area contributed by atoms with Gasteiger partial charge in [-0.2, -0.15) is 0 Å². The zero-order valence-electron chi connectivity index (χ0n) is 18.7. The zero-order valence-corrected chi connectivity index (χ0v) is 18.7. The first-order chi connectivity index (χ1) is 15.5. The molecule has 0 radical (unpaired) electrons. The average Bonchev–Trinajstić information content (AvgIpc) is 3.32. The molecule has 1 atom stereocenters. The van der Waals surface area contributed by atoms with E-state index in [4.69, 9.17) is 29.2 Å². The Morgan fingerprint density at radius 2 is 1.66 bits per heavy atom. The first-order valence-electron chi connectivity index (χ1n) is 9.97. The van der Waals surface area contributed by atoms with Gasteiger partial charge in [0.2, 0.25) is 11.7 Å². The molecule has 0 spiro atoms. The monoisotopic (exact) mass is 441 g/mol. The van der Waals surface area contributed by atoms with E-state index in [-0.39, 0.29) is 5.91 Å². The molecule has 1 amide bonds. The van der Waals surface area contributed by atoms with E-state index >= 15 is 0 Å². The van der Waals surface area contributed by atoms with E-state index < -0.39 is 6.04 Å². The van der Waals surface area contributed by atoms with E-state index in [1.807, 2.05) is 13.0 Å². The lowest BCUT2D eigenvalue weighted by Crippen LogP contribution is -2.34. The van der Waals surface area contributed by atoms with Crippen LogP contribution in [0.3, 0.4) is 0 Å². The van der Waals surface area contributed by atoms with Crippen LogP contribution in [0.1, 0.15) is 13.3 Å². The standard InChI is InChI=1S/C23H27N3O6/c1-6-16(24)23(27)26-17-9-13(7-8-18(17)28-2)15-12-25-32-21(15)14-10-19(29-3)22(31-5)20(11-14)30-4/h7-12,16H,6,24H2,1-5H3,(H,26,27). The first-order valence-corrected chi connectivity index (χ1v) is 9.97. The normalized spacial score (nSPS) is 11.6. The molecule has 0 aliphatic heterocycles. The van der Waals surface area contributed by atoms with E-state index in [0.717, 1.165) is 5.56 Å². The summed E-state index contributed by atoms with van der Waals surface area (Å²) < 4.78 is 27.2. The smallest absolute Gasteiger partial charge is 0.241 e. The number of nitrogens with two attached hydrogens (primary N) is 1. The number of benzene rings is 2. The van der Waals surface area contributed by atoms with Crippen molar-refractivity contribution < 1.29 is 28.3 Å². The van der Waals surface area contributed by atoms with Gasteiger partial charge in [-0.1, -0.05) is 18.1 Å². The number of nitrogens with zero attached hydrogens (tertiary/aromatic N) is 1. The highest BCUT2D eigenvalue weighted by atomic mass is 16.5. The molecule has 2 aromatic carbocycles. The summed E-state index contributed by atoms with van der Waals surface area (Å²) >= 11 is 0. The number of hydrogen-bond acceptors (Lipinski definition) is 8. The summed E-state index contributed by atoms with van der Waals surface area (Å²) in [6, 6.07) is 8.33. The van der Waals surface area contributed by atoms with Crippen LogP contribution in [-0.4, -0.2) is 45.5 Å². The second-order valence-corrected chi connectivity index (χ2v) is 6.90. The fraction of sp³-hybridized carbons (Fsp3) is 0.304. The Bertz CT molecular complexity index is 1070. The van der Waals surface area contributed by atoms with E-state index in [2.05, 4.69) is 10.5 Å². The molecule has 3 rings (SSSR count). The van der Waals surface area contributed by atoms with E-state index in [0.29, 0.717) is 52.0 Å². The molecule has 0 saturated heterocycles. The van der Waals surface area contributed by atoms with Crippen LogP contribution < -0.4 is 30.0 Å². The number of anilines is 1. The molecule has 1 unspecified atom stereocenters. The molecule has 170 valence electrons. The molecule has 3 N–H and O–H groups in total. The van der Waals surface area contributed by atoms with Crippen molar-refractivity contribution in [1.82, 2.24) is 5.16 Å². The quantitative estimate of drug-likeness (QED) is 0.516. The van der Waals surface area contributed by atoms with Gasteiger partial charge in [0.1, 0.15) is 5.75 Å². The van der Waals surface area contributed by atoms with Gasteiger partial charge < -0.3 is 34.5 Å². The van der Waals surface area contributed by atoms with Crippen molar-refractivity contribution in [3.8, 4) is 45.4 Å². The maximum atomic E-state index is 12.3. The molecule has 32 heavy (non-hydrogen) atoms. The first kappa shape index (κ1) is 23.0. The number of aromatic nitrogens is 1. The minimum atomic E-state index is -0.617. The molecular formula is C23H27N3O6. The number of methoxy groups -OCH3 is 4. The molecule has 0 fully saturated rings. The predicted molar refractivity (Wildman–Crippen MR) is 120 cm³/mol. The SMILES string of the molecule is CCC(N)C(=O)Nc1cc(-c2cnoc2-c2cc(OC)c(OC)c(OC)c2)ccc1OC. The summed E-state index contributed by atoms with van der Waals surface area (Å²) in [6.07, 6.45) is 2.12. The fourth-order valence-electron chi connectivity index (χ4n) is 3.25. The minimum absolute atomic E-state index is 0.293. The average molecular weight is 441 g/mol. The van der Waals surface area contributed by atoms with E-state index in [1.54, 1.807) is 44.7 Å².